The average molecular weight is 597 g/mol. The summed E-state index contributed by atoms with van der Waals surface area (Å²) in [7, 11) is 0. The largest absolute Gasteiger partial charge is 0.477 e. The minimum absolute atomic E-state index is 0.130. The van der Waals surface area contributed by atoms with Crippen molar-refractivity contribution in [3.05, 3.63) is 22.3 Å². The minimum atomic E-state index is -1.25. The van der Waals surface area contributed by atoms with E-state index in [0.717, 1.165) is 11.3 Å². The lowest BCUT2D eigenvalue weighted by Crippen LogP contribution is -2.71. The number of nitrogens with one attached hydrogen (secondary N) is 3. The summed E-state index contributed by atoms with van der Waals surface area (Å²) in [6.45, 7) is 2.57. The second-order valence-corrected chi connectivity index (χ2v) is 10.8. The van der Waals surface area contributed by atoms with E-state index < -0.39 is 29.2 Å². The number of nitrogens with zero attached hydrogens (tertiary/aromatic N) is 7. The van der Waals surface area contributed by atoms with E-state index in [1.807, 2.05) is 0 Å². The number of thioether (sulfide) groups is 2. The average Bonchev–Trinajstić information content (AvgIpc) is 3.53. The fraction of sp³-hybridized carbons (Fsp3) is 0.421. The third kappa shape index (κ3) is 6.23. The summed E-state index contributed by atoms with van der Waals surface area (Å²) in [5.74, 6) is -2.16. The fourth-order valence-corrected chi connectivity index (χ4v) is 6.56. The van der Waals surface area contributed by atoms with Crippen molar-refractivity contribution in [3.63, 3.8) is 0 Å². The first kappa shape index (κ1) is 28.1. The van der Waals surface area contributed by atoms with E-state index in [1.54, 1.807) is 12.3 Å². The van der Waals surface area contributed by atoms with E-state index in [2.05, 4.69) is 36.3 Å². The molecule has 0 radical (unpaired) electrons. The SMILES string of the molecule is CCO/N=C(\C(=O)N[C@@H]1C(=O)N2C(C(=O)O)=C(CSc3nnnn3CCNC(=N)N)CS[C@@H]12)c1csc(N)n1. The first-order chi connectivity index (χ1) is 18.7. The first-order valence-corrected chi connectivity index (χ1v) is 14.2. The van der Waals surface area contributed by atoms with Gasteiger partial charge < -0.3 is 32.0 Å². The molecule has 2 atom stereocenters. The highest BCUT2D eigenvalue weighted by molar-refractivity contribution is 8.01. The number of oxime groups is 1. The van der Waals surface area contributed by atoms with Crippen molar-refractivity contribution in [1.29, 1.82) is 5.41 Å². The number of anilines is 1. The van der Waals surface area contributed by atoms with Crippen LogP contribution in [0.4, 0.5) is 5.13 Å². The first-order valence-electron chi connectivity index (χ1n) is 11.3. The van der Waals surface area contributed by atoms with E-state index in [4.69, 9.17) is 21.7 Å². The summed E-state index contributed by atoms with van der Waals surface area (Å²) in [5, 5.41) is 39.3. The number of rotatable bonds is 12. The molecule has 0 unspecified atom stereocenters. The Labute approximate surface area is 233 Å². The van der Waals surface area contributed by atoms with Crippen molar-refractivity contribution in [2.75, 3.05) is 30.4 Å². The number of hydrogen-bond donors (Lipinski definition) is 6. The van der Waals surface area contributed by atoms with Gasteiger partial charge in [0.1, 0.15) is 29.4 Å². The maximum absolute atomic E-state index is 13.0. The van der Waals surface area contributed by atoms with Crippen LogP contribution in [0.3, 0.4) is 0 Å². The summed E-state index contributed by atoms with van der Waals surface area (Å²) in [4.78, 5) is 48.5. The topological polar surface area (TPSA) is 253 Å². The highest BCUT2D eigenvalue weighted by Gasteiger charge is 2.54. The molecule has 17 nitrogen and oxygen atoms in total. The van der Waals surface area contributed by atoms with Gasteiger partial charge >= 0.3 is 5.97 Å². The Kier molecular flexibility index (Phi) is 8.86. The van der Waals surface area contributed by atoms with Gasteiger partial charge in [0.2, 0.25) is 5.16 Å². The Morgan fingerprint density at radius 2 is 2.23 bits per heavy atom. The molecule has 1 fully saturated rings. The number of carbonyl (C=O) groups is 3. The molecule has 4 heterocycles. The van der Waals surface area contributed by atoms with E-state index in [9.17, 15) is 19.5 Å². The number of nitrogens with two attached hydrogens (primary N) is 2. The van der Waals surface area contributed by atoms with Crippen LogP contribution in [0, 0.1) is 5.41 Å². The molecular weight excluding hydrogens is 572 g/mol. The predicted molar refractivity (Wildman–Crippen MR) is 143 cm³/mol. The molecule has 8 N–H and O–H groups in total. The number of tetrazole rings is 1. The summed E-state index contributed by atoms with van der Waals surface area (Å²) < 4.78 is 1.50. The lowest BCUT2D eigenvalue weighted by atomic mass is 10.0. The van der Waals surface area contributed by atoms with Gasteiger partial charge in [-0.1, -0.05) is 16.9 Å². The number of fused-ring (bicyclic) bond motifs is 1. The number of hydrogen-bond acceptors (Lipinski definition) is 14. The van der Waals surface area contributed by atoms with Gasteiger partial charge in [0, 0.05) is 23.4 Å². The molecule has 39 heavy (non-hydrogen) atoms. The maximum atomic E-state index is 13.0. The zero-order chi connectivity index (χ0) is 28.1. The smallest absolute Gasteiger partial charge is 0.352 e. The number of carboxylic acid groups (broad SMARTS) is 1. The number of thiazole rings is 1. The Morgan fingerprint density at radius 3 is 2.90 bits per heavy atom. The number of guanidine groups is 1. The zero-order valence-corrected chi connectivity index (χ0v) is 22.8. The van der Waals surface area contributed by atoms with Gasteiger partial charge in [-0.25, -0.2) is 14.5 Å². The van der Waals surface area contributed by atoms with E-state index in [-0.39, 0.29) is 40.6 Å². The van der Waals surface area contributed by atoms with Gasteiger partial charge in [-0.3, -0.25) is 19.9 Å². The van der Waals surface area contributed by atoms with Crippen LogP contribution in [0.5, 0.6) is 0 Å². The maximum Gasteiger partial charge on any atom is 0.352 e. The van der Waals surface area contributed by atoms with Crippen molar-refractivity contribution in [2.45, 2.75) is 30.0 Å². The molecule has 2 aromatic rings. The molecular formula is C19H24N12O5S3. The molecule has 2 aliphatic rings. The molecule has 0 bridgehead atoms. The molecule has 2 aromatic heterocycles. The number of β-lactam (4-membered cyclic amide) rings is 1. The van der Waals surface area contributed by atoms with Crippen LogP contribution in [0.1, 0.15) is 12.6 Å². The minimum Gasteiger partial charge on any atom is -0.477 e. The predicted octanol–water partition coefficient (Wildman–Crippen LogP) is -1.53. The molecule has 2 amide bonds. The van der Waals surface area contributed by atoms with Gasteiger partial charge in [-0.2, -0.15) is 0 Å². The number of nitrogen functional groups attached to an aromatic ring is 1. The Morgan fingerprint density at radius 1 is 1.44 bits per heavy atom. The molecule has 0 aromatic carbocycles. The quantitative estimate of drug-likeness (QED) is 0.0534. The highest BCUT2D eigenvalue weighted by Crippen LogP contribution is 2.41. The summed E-state index contributed by atoms with van der Waals surface area (Å²) in [5.41, 5.74) is 11.4. The number of carboxylic acids is 1. The highest BCUT2D eigenvalue weighted by atomic mass is 32.2. The van der Waals surface area contributed by atoms with Crippen molar-refractivity contribution in [1.82, 2.24) is 40.7 Å². The van der Waals surface area contributed by atoms with Gasteiger partial charge in [-0.15, -0.1) is 28.2 Å². The van der Waals surface area contributed by atoms with Crippen LogP contribution in [0.15, 0.2) is 27.0 Å². The monoisotopic (exact) mass is 596 g/mol. The van der Waals surface area contributed by atoms with Gasteiger partial charge in [0.15, 0.2) is 16.8 Å². The summed E-state index contributed by atoms with van der Waals surface area (Å²) in [6, 6.07) is -0.963. The molecule has 1 saturated heterocycles. The van der Waals surface area contributed by atoms with Crippen molar-refractivity contribution >= 4 is 69.4 Å². The number of amides is 2. The van der Waals surface area contributed by atoms with E-state index in [1.165, 1.54) is 33.1 Å². The summed E-state index contributed by atoms with van der Waals surface area (Å²) >= 11 is 3.67. The molecule has 208 valence electrons. The van der Waals surface area contributed by atoms with Crippen molar-refractivity contribution < 1.29 is 24.3 Å². The molecule has 2 aliphatic heterocycles. The van der Waals surface area contributed by atoms with Gasteiger partial charge in [0.25, 0.3) is 11.8 Å². The second kappa shape index (κ2) is 12.3. The standard InChI is InChI=1S/C19H24N12O5S3/c1-2-36-27-10(9-7-38-18(22)24-9)13(32)25-11-14(33)31-12(16(34)35)8(5-37-15(11)31)6-39-19-26-28-29-30(19)4-3-23-17(20)21/h7,11,15H,2-6H2,1H3,(H2,22,24)(H,25,32)(H,34,35)(H4,20,21,23)/b27-10-/t11-,15+/m1/s1. The summed E-state index contributed by atoms with van der Waals surface area (Å²) in [6.07, 6.45) is 0. The fourth-order valence-electron chi connectivity index (χ4n) is 3.62. The normalized spacial score (nSPS) is 18.8. The molecule has 20 heteroatoms. The number of aliphatic carboxylic acids is 1. The van der Waals surface area contributed by atoms with Gasteiger partial charge in [-0.05, 0) is 22.9 Å². The molecule has 4 rings (SSSR count). The molecule has 0 saturated carbocycles. The van der Waals surface area contributed by atoms with Crippen molar-refractivity contribution in [3.8, 4) is 0 Å². The number of aromatic nitrogens is 5. The van der Waals surface area contributed by atoms with Crippen LogP contribution < -0.4 is 22.1 Å². The Hall–Kier alpha value is -3.91. The zero-order valence-electron chi connectivity index (χ0n) is 20.4. The van der Waals surface area contributed by atoms with E-state index in [0.29, 0.717) is 29.6 Å². The number of carbonyl (C=O) groups excluding carboxylic acids is 2. The van der Waals surface area contributed by atoms with Gasteiger partial charge in [0.05, 0.1) is 6.54 Å². The molecule has 0 spiro atoms. The Balaban J connectivity index is 1.44. The lowest BCUT2D eigenvalue weighted by molar-refractivity contribution is -0.150. The third-order valence-corrected chi connectivity index (χ3v) is 8.37. The second-order valence-electron chi connectivity index (χ2n) is 7.86. The van der Waals surface area contributed by atoms with Crippen LogP contribution in [0.25, 0.3) is 0 Å². The van der Waals surface area contributed by atoms with E-state index >= 15 is 0 Å². The van der Waals surface area contributed by atoms with Crippen LogP contribution in [-0.2, 0) is 25.8 Å². The third-order valence-electron chi connectivity index (χ3n) is 5.31. The molecule has 0 aliphatic carbocycles. The Bertz CT molecular complexity index is 1340. The van der Waals surface area contributed by atoms with Crippen LogP contribution in [-0.4, -0.2) is 101 Å². The van der Waals surface area contributed by atoms with Crippen molar-refractivity contribution in [2.24, 2.45) is 10.9 Å². The van der Waals surface area contributed by atoms with Crippen LogP contribution in [0.2, 0.25) is 0 Å². The van der Waals surface area contributed by atoms with Crippen LogP contribution >= 0.6 is 34.9 Å². The lowest BCUT2D eigenvalue weighted by Gasteiger charge is -2.49.